The number of likely N-dealkylation sites (N-methyl/N-ethyl adjacent to an activating group) is 1. The van der Waals surface area contributed by atoms with Gasteiger partial charge in [-0.15, -0.1) is 0 Å². The second-order valence-electron chi connectivity index (χ2n) is 5.37. The van der Waals surface area contributed by atoms with Gasteiger partial charge in [-0.1, -0.05) is 6.42 Å². The summed E-state index contributed by atoms with van der Waals surface area (Å²) < 4.78 is 4.87. The normalized spacial score (nSPS) is 21.0. The van der Waals surface area contributed by atoms with Crippen molar-refractivity contribution < 1.29 is 24.2 Å². The van der Waals surface area contributed by atoms with Crippen molar-refractivity contribution in [1.82, 2.24) is 10.2 Å². The van der Waals surface area contributed by atoms with Crippen LogP contribution in [-0.4, -0.2) is 61.6 Å². The Morgan fingerprint density at radius 2 is 1.95 bits per heavy atom. The minimum absolute atomic E-state index is 0.0470. The number of amides is 2. The summed E-state index contributed by atoms with van der Waals surface area (Å²) >= 11 is 0. The minimum atomic E-state index is -0.928. The first kappa shape index (κ1) is 17.4. The molecule has 0 heterocycles. The van der Waals surface area contributed by atoms with Crippen molar-refractivity contribution in [2.75, 3.05) is 33.9 Å². The number of nitrogens with zero attached hydrogens (tertiary/aromatic N) is 1. The highest BCUT2D eigenvalue weighted by atomic mass is 16.5. The molecule has 2 atom stereocenters. The molecule has 0 aromatic carbocycles. The highest BCUT2D eigenvalue weighted by Gasteiger charge is 2.39. The Morgan fingerprint density at radius 3 is 2.57 bits per heavy atom. The van der Waals surface area contributed by atoms with Crippen molar-refractivity contribution in [3.63, 3.8) is 0 Å². The molecule has 0 spiro atoms. The van der Waals surface area contributed by atoms with Gasteiger partial charge in [0.05, 0.1) is 18.4 Å². The van der Waals surface area contributed by atoms with Crippen LogP contribution >= 0.6 is 0 Å². The van der Waals surface area contributed by atoms with Crippen LogP contribution in [0.25, 0.3) is 0 Å². The summed E-state index contributed by atoms with van der Waals surface area (Å²) in [5, 5.41) is 11.8. The first-order valence-corrected chi connectivity index (χ1v) is 7.20. The largest absolute Gasteiger partial charge is 0.481 e. The predicted octanol–water partition coefficient (Wildman–Crippen LogP) is 0.0984. The van der Waals surface area contributed by atoms with Crippen molar-refractivity contribution in [1.29, 1.82) is 0 Å². The second-order valence-corrected chi connectivity index (χ2v) is 5.37. The first-order valence-electron chi connectivity index (χ1n) is 7.20. The Kier molecular flexibility index (Phi) is 7.14. The number of hydrogen-bond donors (Lipinski definition) is 2. The number of nitrogens with one attached hydrogen (secondary N) is 1. The van der Waals surface area contributed by atoms with E-state index in [0.717, 1.165) is 6.42 Å². The Labute approximate surface area is 124 Å². The molecule has 0 aromatic heterocycles. The minimum Gasteiger partial charge on any atom is -0.481 e. The first-order chi connectivity index (χ1) is 9.97. The fourth-order valence-corrected chi connectivity index (χ4v) is 2.63. The van der Waals surface area contributed by atoms with Crippen molar-refractivity contribution in [2.45, 2.75) is 25.7 Å². The standard InChI is InChI=1S/C14H24N2O5/c1-16(9-12(17)15-7-4-8-21-2)13(18)10-5-3-6-11(10)14(19)20/h10-11H,3-9H2,1-2H3,(H,15,17)(H,19,20). The van der Waals surface area contributed by atoms with E-state index in [1.807, 2.05) is 0 Å². The number of carboxylic acids is 1. The SMILES string of the molecule is COCCCNC(=O)CN(C)C(=O)C1CCCC1C(=O)O. The van der Waals surface area contributed by atoms with E-state index in [1.54, 1.807) is 7.11 Å². The molecule has 1 rings (SSSR count). The van der Waals surface area contributed by atoms with Crippen LogP contribution in [0.4, 0.5) is 0 Å². The maximum absolute atomic E-state index is 12.2. The van der Waals surface area contributed by atoms with Gasteiger partial charge < -0.3 is 20.1 Å². The Bertz CT molecular complexity index is 386. The molecule has 0 aliphatic heterocycles. The fraction of sp³-hybridized carbons (Fsp3) is 0.786. The molecule has 0 radical (unpaired) electrons. The third-order valence-corrected chi connectivity index (χ3v) is 3.75. The molecule has 2 amide bonds. The lowest BCUT2D eigenvalue weighted by Crippen LogP contribution is -2.42. The molecule has 0 bridgehead atoms. The Balaban J connectivity index is 2.40. The molecule has 1 saturated carbocycles. The van der Waals surface area contributed by atoms with E-state index in [4.69, 9.17) is 9.84 Å². The number of carbonyl (C=O) groups is 3. The summed E-state index contributed by atoms with van der Waals surface area (Å²) in [5.41, 5.74) is 0. The molecule has 1 fully saturated rings. The molecule has 1 aliphatic carbocycles. The Morgan fingerprint density at radius 1 is 1.29 bits per heavy atom. The maximum atomic E-state index is 12.2. The van der Waals surface area contributed by atoms with Crippen molar-refractivity contribution in [2.24, 2.45) is 11.8 Å². The topological polar surface area (TPSA) is 95.9 Å². The van der Waals surface area contributed by atoms with Crippen LogP contribution < -0.4 is 5.32 Å². The van der Waals surface area contributed by atoms with E-state index in [9.17, 15) is 14.4 Å². The molecule has 2 N–H and O–H groups in total. The van der Waals surface area contributed by atoms with Crippen LogP contribution in [0.15, 0.2) is 0 Å². The number of carbonyl (C=O) groups excluding carboxylic acids is 2. The van der Waals surface area contributed by atoms with Gasteiger partial charge in [0.1, 0.15) is 0 Å². The molecule has 0 saturated heterocycles. The number of carboxylic acid groups (broad SMARTS) is 1. The van der Waals surface area contributed by atoms with E-state index in [0.29, 0.717) is 32.4 Å². The number of rotatable bonds is 8. The van der Waals surface area contributed by atoms with Crippen LogP contribution in [0, 0.1) is 11.8 Å². The van der Waals surface area contributed by atoms with Gasteiger partial charge in [-0.2, -0.15) is 0 Å². The van der Waals surface area contributed by atoms with Gasteiger partial charge in [-0.3, -0.25) is 14.4 Å². The lowest BCUT2D eigenvalue weighted by molar-refractivity contribution is -0.149. The quantitative estimate of drug-likeness (QED) is 0.620. The summed E-state index contributed by atoms with van der Waals surface area (Å²) in [4.78, 5) is 36.3. The van der Waals surface area contributed by atoms with Crippen molar-refractivity contribution in [3.05, 3.63) is 0 Å². The van der Waals surface area contributed by atoms with E-state index in [-0.39, 0.29) is 18.4 Å². The molecule has 2 unspecified atom stereocenters. The average molecular weight is 300 g/mol. The summed E-state index contributed by atoms with van der Waals surface area (Å²) in [6, 6.07) is 0. The summed E-state index contributed by atoms with van der Waals surface area (Å²) in [7, 11) is 3.13. The van der Waals surface area contributed by atoms with Crippen LogP contribution in [-0.2, 0) is 19.1 Å². The molecule has 0 aromatic rings. The zero-order chi connectivity index (χ0) is 15.8. The van der Waals surface area contributed by atoms with Gasteiger partial charge in [0.15, 0.2) is 0 Å². The molecular formula is C14H24N2O5. The van der Waals surface area contributed by atoms with Gasteiger partial charge in [0, 0.05) is 27.3 Å². The number of aliphatic carboxylic acids is 1. The van der Waals surface area contributed by atoms with Gasteiger partial charge in [0.2, 0.25) is 11.8 Å². The van der Waals surface area contributed by atoms with E-state index >= 15 is 0 Å². The van der Waals surface area contributed by atoms with Crippen LogP contribution in [0.2, 0.25) is 0 Å². The smallest absolute Gasteiger partial charge is 0.307 e. The summed E-state index contributed by atoms with van der Waals surface area (Å²) in [6.45, 7) is 1.02. The average Bonchev–Trinajstić information content (AvgIpc) is 2.92. The van der Waals surface area contributed by atoms with Gasteiger partial charge >= 0.3 is 5.97 Å². The predicted molar refractivity (Wildman–Crippen MR) is 75.6 cm³/mol. The zero-order valence-electron chi connectivity index (χ0n) is 12.6. The lowest BCUT2D eigenvalue weighted by Gasteiger charge is -2.23. The van der Waals surface area contributed by atoms with Crippen molar-refractivity contribution in [3.8, 4) is 0 Å². The van der Waals surface area contributed by atoms with Crippen LogP contribution in [0.1, 0.15) is 25.7 Å². The highest BCUT2D eigenvalue weighted by molar-refractivity contribution is 5.88. The second kappa shape index (κ2) is 8.61. The molecule has 7 heteroatoms. The number of hydrogen-bond acceptors (Lipinski definition) is 4. The monoisotopic (exact) mass is 300 g/mol. The molecule has 21 heavy (non-hydrogen) atoms. The molecule has 120 valence electrons. The van der Waals surface area contributed by atoms with E-state index < -0.39 is 17.8 Å². The molecular weight excluding hydrogens is 276 g/mol. The van der Waals surface area contributed by atoms with Crippen LogP contribution in [0.3, 0.4) is 0 Å². The third kappa shape index (κ3) is 5.34. The van der Waals surface area contributed by atoms with E-state index in [2.05, 4.69) is 5.32 Å². The van der Waals surface area contributed by atoms with Crippen molar-refractivity contribution >= 4 is 17.8 Å². The van der Waals surface area contributed by atoms with E-state index in [1.165, 1.54) is 11.9 Å². The zero-order valence-corrected chi connectivity index (χ0v) is 12.6. The van der Waals surface area contributed by atoms with Gasteiger partial charge in [-0.25, -0.2) is 0 Å². The summed E-state index contributed by atoms with van der Waals surface area (Å²) in [5.74, 6) is -2.56. The van der Waals surface area contributed by atoms with Gasteiger partial charge in [-0.05, 0) is 19.3 Å². The highest BCUT2D eigenvalue weighted by Crippen LogP contribution is 2.33. The Hall–Kier alpha value is -1.63. The molecule has 1 aliphatic rings. The third-order valence-electron chi connectivity index (χ3n) is 3.75. The summed E-state index contributed by atoms with van der Waals surface area (Å²) in [6.07, 6.45) is 2.56. The number of methoxy groups -OCH3 is 1. The molecule has 7 nitrogen and oxygen atoms in total. The van der Waals surface area contributed by atoms with Crippen LogP contribution in [0.5, 0.6) is 0 Å². The fourth-order valence-electron chi connectivity index (χ4n) is 2.63. The lowest BCUT2D eigenvalue weighted by atomic mass is 9.95. The number of ether oxygens (including phenoxy) is 1. The maximum Gasteiger partial charge on any atom is 0.307 e. The van der Waals surface area contributed by atoms with Gasteiger partial charge in [0.25, 0.3) is 0 Å².